The summed E-state index contributed by atoms with van der Waals surface area (Å²) in [6.45, 7) is 6.66. The molecule has 0 spiro atoms. The van der Waals surface area contributed by atoms with E-state index in [4.69, 9.17) is 4.42 Å². The normalized spacial score (nSPS) is 11.7. The molecule has 0 amide bonds. The van der Waals surface area contributed by atoms with Crippen molar-refractivity contribution in [3.63, 3.8) is 0 Å². The van der Waals surface area contributed by atoms with Crippen LogP contribution in [0.3, 0.4) is 0 Å². The van der Waals surface area contributed by atoms with Crippen LogP contribution in [0, 0.1) is 0 Å². The van der Waals surface area contributed by atoms with Gasteiger partial charge < -0.3 is 4.42 Å². The van der Waals surface area contributed by atoms with Gasteiger partial charge in [-0.25, -0.2) is 0 Å². The fourth-order valence-electron chi connectivity index (χ4n) is 2.19. The molecule has 0 fully saturated rings. The summed E-state index contributed by atoms with van der Waals surface area (Å²) < 4.78 is 5.89. The maximum atomic E-state index is 5.89. The molecule has 2 aromatic carbocycles. The summed E-state index contributed by atoms with van der Waals surface area (Å²) in [7, 11) is 0. The van der Waals surface area contributed by atoms with Gasteiger partial charge in [0, 0.05) is 10.8 Å². The fourth-order valence-corrected chi connectivity index (χ4v) is 2.19. The van der Waals surface area contributed by atoms with Crippen molar-refractivity contribution < 1.29 is 4.42 Å². The van der Waals surface area contributed by atoms with Crippen molar-refractivity contribution in [2.24, 2.45) is 0 Å². The Morgan fingerprint density at radius 2 is 1.50 bits per heavy atom. The number of fused-ring (bicyclic) bond motifs is 3. The van der Waals surface area contributed by atoms with Gasteiger partial charge >= 0.3 is 0 Å². The molecule has 0 aliphatic rings. The Bertz CT molecular complexity index is 689. The second-order valence-electron chi connectivity index (χ2n) is 5.56. The average Bonchev–Trinajstić information content (AvgIpc) is 2.65. The van der Waals surface area contributed by atoms with E-state index in [2.05, 4.69) is 51.1 Å². The Morgan fingerprint density at radius 3 is 2.22 bits per heavy atom. The summed E-state index contributed by atoms with van der Waals surface area (Å²) in [5.74, 6) is 0. The zero-order valence-corrected chi connectivity index (χ0v) is 17.6. The Hall–Kier alpha value is -2.76. The van der Waals surface area contributed by atoms with Gasteiger partial charge in [-0.2, -0.15) is 0 Å². The van der Waals surface area contributed by atoms with Gasteiger partial charge in [0.25, 0.3) is 0 Å². The van der Waals surface area contributed by atoms with E-state index in [1.807, 2.05) is 12.1 Å². The molecule has 2 heteroatoms. The number of hydrogen-bond donors (Lipinski definition) is 0. The molecule has 18 heavy (non-hydrogen) atoms. The van der Waals surface area contributed by atoms with Crippen molar-refractivity contribution in [3.8, 4) is 0 Å². The van der Waals surface area contributed by atoms with Crippen LogP contribution >= 0.6 is 0 Å². The quantitative estimate of drug-likeness (QED) is 0.437. The molecule has 0 saturated heterocycles. The van der Waals surface area contributed by atoms with Crippen molar-refractivity contribution in [1.29, 1.82) is 0 Å². The van der Waals surface area contributed by atoms with E-state index in [-0.39, 0.29) is 5.41 Å². The third-order valence-corrected chi connectivity index (χ3v) is 3.24. The predicted molar refractivity (Wildman–Crippen MR) is 72.4 cm³/mol. The molecule has 0 atom stereocenters. The SMILES string of the molecule is CC(C)(C)c1ccc2c(c1)oc1ccccc12.[Rf]. The molecule has 0 aliphatic heterocycles. The standard InChI is InChI=1S/C16H16O.Rf/c1-16(2,3)11-8-9-13-12-6-4-5-7-14(12)17-15(13)10-11;/h4-10H,1-3H3;. The maximum Gasteiger partial charge on any atom is 0.135 e. The van der Waals surface area contributed by atoms with E-state index in [1.165, 1.54) is 16.3 Å². The summed E-state index contributed by atoms with van der Waals surface area (Å²) >= 11 is 0. The van der Waals surface area contributed by atoms with E-state index < -0.39 is 0 Å². The smallest absolute Gasteiger partial charge is 0.135 e. The fraction of sp³-hybridized carbons (Fsp3) is 0.250. The minimum absolute atomic E-state index is 0. The number of para-hydroxylation sites is 1. The molecule has 88 valence electrons. The molecule has 1 nitrogen and oxygen atoms in total. The van der Waals surface area contributed by atoms with Gasteiger partial charge in [-0.3, -0.25) is 0 Å². The summed E-state index contributed by atoms with van der Waals surface area (Å²) in [6.07, 6.45) is 0. The molecule has 0 aliphatic carbocycles. The zero-order chi connectivity index (χ0) is 12.0. The molecule has 0 radical (unpaired) electrons. The van der Waals surface area contributed by atoms with Crippen LogP contribution in [-0.2, 0) is 5.41 Å². The van der Waals surface area contributed by atoms with E-state index >= 15 is 0 Å². The van der Waals surface area contributed by atoms with E-state index in [0.29, 0.717) is 0 Å². The van der Waals surface area contributed by atoms with Gasteiger partial charge in [-0.15, -0.1) is 0 Å². The van der Waals surface area contributed by atoms with Crippen LogP contribution in [0.2, 0.25) is 0 Å². The molecule has 0 bridgehead atoms. The third-order valence-electron chi connectivity index (χ3n) is 3.24. The van der Waals surface area contributed by atoms with Crippen molar-refractivity contribution >= 4 is 21.9 Å². The van der Waals surface area contributed by atoms with E-state index in [9.17, 15) is 0 Å². The third kappa shape index (κ3) is 1.60. The van der Waals surface area contributed by atoms with Crippen molar-refractivity contribution in [3.05, 3.63) is 48.0 Å². The molecular weight excluding hydrogens is 475 g/mol. The van der Waals surface area contributed by atoms with Gasteiger partial charge in [0.2, 0.25) is 0 Å². The van der Waals surface area contributed by atoms with Crippen LogP contribution in [0.15, 0.2) is 46.9 Å². The minimum Gasteiger partial charge on any atom is -0.456 e. The Kier molecular flexibility index (Phi) is 2.36. The average molecular weight is 491 g/mol. The van der Waals surface area contributed by atoms with Crippen LogP contribution < -0.4 is 0 Å². The predicted octanol–water partition coefficient (Wildman–Crippen LogP) is 4.88. The van der Waals surface area contributed by atoms with E-state index in [1.54, 1.807) is 0 Å². The molecule has 3 aromatic rings. The molecule has 1 heterocycles. The van der Waals surface area contributed by atoms with Gasteiger partial charge in [-0.1, -0.05) is 51.1 Å². The first-order chi connectivity index (χ1) is 8.05. The molecule has 3 rings (SSSR count). The van der Waals surface area contributed by atoms with Gasteiger partial charge in [0.15, 0.2) is 0 Å². The summed E-state index contributed by atoms with van der Waals surface area (Å²) in [5.41, 5.74) is 3.42. The van der Waals surface area contributed by atoms with Crippen molar-refractivity contribution in [1.82, 2.24) is 0 Å². The topological polar surface area (TPSA) is 13.1 Å². The summed E-state index contributed by atoms with van der Waals surface area (Å²) in [4.78, 5) is 0. The van der Waals surface area contributed by atoms with Crippen LogP contribution in [0.25, 0.3) is 21.9 Å². The Labute approximate surface area is 101 Å². The van der Waals surface area contributed by atoms with Gasteiger partial charge in [-0.05, 0) is 23.1 Å². The first-order valence-electron chi connectivity index (χ1n) is 5.97. The van der Waals surface area contributed by atoms with Gasteiger partial charge in [0.1, 0.15) is 11.2 Å². The van der Waals surface area contributed by atoms with Crippen molar-refractivity contribution in [2.75, 3.05) is 0 Å². The van der Waals surface area contributed by atoms with Crippen molar-refractivity contribution in [2.45, 2.75) is 26.2 Å². The molecule has 1 aromatic heterocycles. The second-order valence-corrected chi connectivity index (χ2v) is 5.56. The molecule has 0 N–H and O–H groups in total. The second kappa shape index (κ2) is 3.63. The largest absolute Gasteiger partial charge is 0.456 e. The van der Waals surface area contributed by atoms with Crippen LogP contribution in [0.5, 0.6) is 0 Å². The zero-order valence-electron chi connectivity index (χ0n) is 11.2. The monoisotopic (exact) mass is 491 g/mol. The Balaban J connectivity index is 0.00000120. The first kappa shape index (κ1) is 11.7. The summed E-state index contributed by atoms with van der Waals surface area (Å²) in [5, 5.41) is 2.40. The molecule has 0 saturated carbocycles. The van der Waals surface area contributed by atoms with Crippen LogP contribution in [0.4, 0.5) is 0 Å². The number of rotatable bonds is 0. The Morgan fingerprint density at radius 1 is 0.833 bits per heavy atom. The molecular formula is C16H16ORf. The first-order valence-corrected chi connectivity index (χ1v) is 5.97. The minimum atomic E-state index is 0. The van der Waals surface area contributed by atoms with Gasteiger partial charge in [0.05, 0.1) is 0 Å². The molecule has 0 unspecified atom stereocenters. The maximum absolute atomic E-state index is 5.89. The van der Waals surface area contributed by atoms with E-state index in [0.717, 1.165) is 11.2 Å². The number of hydrogen-bond acceptors (Lipinski definition) is 1. The summed E-state index contributed by atoms with van der Waals surface area (Å²) in [6, 6.07) is 14.7. The van der Waals surface area contributed by atoms with Crippen LogP contribution in [0.1, 0.15) is 26.3 Å². The van der Waals surface area contributed by atoms with Crippen LogP contribution in [-0.4, -0.2) is 0 Å². The number of benzene rings is 2. The number of furan rings is 1.